The topological polar surface area (TPSA) is 126 Å². The summed E-state index contributed by atoms with van der Waals surface area (Å²) in [4.78, 5) is 28.9. The zero-order valence-electron chi connectivity index (χ0n) is 34.8. The molecule has 0 spiro atoms. The van der Waals surface area contributed by atoms with E-state index in [1.54, 1.807) is 31.0 Å². The summed E-state index contributed by atoms with van der Waals surface area (Å²) in [5.41, 5.74) is 8.20. The molecule has 1 atom stereocenters. The van der Waals surface area contributed by atoms with Crippen LogP contribution >= 0.6 is 23.4 Å². The second-order valence-corrected chi connectivity index (χ2v) is 16.7. The van der Waals surface area contributed by atoms with Gasteiger partial charge in [0.1, 0.15) is 23.0 Å². The molecule has 15 heteroatoms. The fourth-order valence-electron chi connectivity index (χ4n) is 8.70. The Kier molecular flexibility index (Phi) is 11.9. The van der Waals surface area contributed by atoms with Crippen molar-refractivity contribution < 1.29 is 33.3 Å². The fraction of sp³-hybridized carbons (Fsp3) is 0.304. The molecule has 0 saturated carbocycles. The Balaban J connectivity index is 1.17. The van der Waals surface area contributed by atoms with E-state index < -0.39 is 5.97 Å². The van der Waals surface area contributed by atoms with E-state index in [0.29, 0.717) is 52.4 Å². The minimum atomic E-state index is -0.514. The monoisotopic (exact) mass is 864 g/mol. The Hall–Kier alpha value is -5.83. The van der Waals surface area contributed by atoms with Crippen molar-refractivity contribution in [2.24, 2.45) is 14.1 Å². The lowest BCUT2D eigenvalue weighted by atomic mass is 9.95. The predicted octanol–water partition coefficient (Wildman–Crippen LogP) is 9.08. The van der Waals surface area contributed by atoms with Crippen molar-refractivity contribution in [3.8, 4) is 22.6 Å². The molecule has 0 saturated heterocycles. The van der Waals surface area contributed by atoms with Gasteiger partial charge in [-0.3, -0.25) is 19.1 Å². The number of halogens is 2. The van der Waals surface area contributed by atoms with Gasteiger partial charge in [0.2, 0.25) is 0 Å². The van der Waals surface area contributed by atoms with Gasteiger partial charge in [-0.15, -0.1) is 11.8 Å². The molecule has 1 N–H and O–H groups in total. The van der Waals surface area contributed by atoms with E-state index in [4.69, 9.17) is 36.0 Å². The maximum absolute atomic E-state index is 14.0. The number of ether oxygens (including phenoxy) is 3. The number of carbonyl (C=O) groups is 2. The third-order valence-electron chi connectivity index (χ3n) is 11.6. The van der Waals surface area contributed by atoms with E-state index >= 15 is 0 Å². The van der Waals surface area contributed by atoms with Crippen LogP contribution in [0.15, 0.2) is 77.7 Å². The van der Waals surface area contributed by atoms with Gasteiger partial charge in [0.15, 0.2) is 0 Å². The van der Waals surface area contributed by atoms with Gasteiger partial charge >= 0.3 is 11.9 Å². The number of hydrogen-bond acceptors (Lipinski definition) is 10. The second kappa shape index (κ2) is 17.3. The molecule has 1 aliphatic heterocycles. The van der Waals surface area contributed by atoms with Crippen molar-refractivity contribution in [1.82, 2.24) is 29.0 Å². The quantitative estimate of drug-likeness (QED) is 0.0836. The van der Waals surface area contributed by atoms with Gasteiger partial charge < -0.3 is 23.9 Å². The summed E-state index contributed by atoms with van der Waals surface area (Å²) in [6, 6.07) is 21.8. The number of phenolic OH excluding ortho intramolecular Hbond substituents is 1. The first-order valence-corrected chi connectivity index (χ1v) is 21.2. The molecule has 1 aliphatic rings. The summed E-state index contributed by atoms with van der Waals surface area (Å²) in [5, 5.41) is 23.3. The number of carbonyl (C=O) groups excluding carboxylic acids is 2. The number of fused-ring (bicyclic) bond motifs is 3. The molecule has 4 aromatic carbocycles. The highest BCUT2D eigenvalue weighted by atomic mass is 35.5. The zero-order valence-corrected chi connectivity index (χ0v) is 36.4. The lowest BCUT2D eigenvalue weighted by Gasteiger charge is -2.29. The van der Waals surface area contributed by atoms with Gasteiger partial charge in [0.25, 0.3) is 0 Å². The second-order valence-electron chi connectivity index (χ2n) is 15.2. The normalized spacial score (nSPS) is 13.7. The number of nitrogens with zero attached hydrogens (tertiary/aromatic N) is 6. The first-order chi connectivity index (χ1) is 29.4. The zero-order chi connectivity index (χ0) is 43.1. The average Bonchev–Trinajstić information content (AvgIpc) is 3.98. The Labute approximate surface area is 361 Å². The molecule has 7 aromatic rings. The van der Waals surface area contributed by atoms with E-state index in [1.807, 2.05) is 60.6 Å². The van der Waals surface area contributed by atoms with Crippen LogP contribution in [0.25, 0.3) is 32.8 Å². The summed E-state index contributed by atoms with van der Waals surface area (Å²) < 4.78 is 35.5. The SMILES string of the molecule is COC(=O)CCc1c(C(=O)OC)n(C)c2c(-c3c(C)nn4c3[C@H](N(Cc3ccc(OC)cc3)Cc3cc(CSc5cc(O)c6ccc(F)cc6c5)n(C)n3)CC4)c(Cl)ccc12. The van der Waals surface area contributed by atoms with Crippen LogP contribution in [0.1, 0.15) is 63.3 Å². The molecular weight excluding hydrogens is 819 g/mol. The molecule has 0 unspecified atom stereocenters. The van der Waals surface area contributed by atoms with Crippen LogP contribution in [0, 0.1) is 12.7 Å². The summed E-state index contributed by atoms with van der Waals surface area (Å²) in [5.74, 6) is 0.209. The van der Waals surface area contributed by atoms with Crippen LogP contribution in [-0.4, -0.2) is 67.4 Å². The Morgan fingerprint density at radius 3 is 2.46 bits per heavy atom. The lowest BCUT2D eigenvalue weighted by molar-refractivity contribution is -0.140. The lowest BCUT2D eigenvalue weighted by Crippen LogP contribution is -2.27. The van der Waals surface area contributed by atoms with Crippen LogP contribution in [0.5, 0.6) is 11.5 Å². The molecule has 3 aromatic heterocycles. The van der Waals surface area contributed by atoms with Crippen molar-refractivity contribution in [1.29, 1.82) is 0 Å². The first kappa shape index (κ1) is 41.9. The van der Waals surface area contributed by atoms with E-state index in [2.05, 4.69) is 27.8 Å². The maximum atomic E-state index is 14.0. The average molecular weight is 865 g/mol. The number of rotatable bonds is 14. The molecule has 8 rings (SSSR count). The standard InChI is InChI=1S/C46H46ClFN6O6S/c1-26-41(42-37(47)15-13-35-36(14-16-40(56)59-5)44(46(57)60-6)51(2)43(35)42)45-38(17-18-54(45)49-26)53(23-27-7-10-32(58-4)11-8-27)24-30-21-31(52(3)50-30)25-61-33-20-28-19-29(48)9-12-34(28)39(55)22-33/h7-13,15,19-22,38,55H,14,16-18,23-25H2,1-6H3/t38-/m1/s1. The number of aromatic hydroxyl groups is 1. The number of esters is 2. The summed E-state index contributed by atoms with van der Waals surface area (Å²) in [6.07, 6.45) is 1.14. The van der Waals surface area contributed by atoms with Crippen molar-refractivity contribution >= 4 is 57.0 Å². The summed E-state index contributed by atoms with van der Waals surface area (Å²) in [6.45, 7) is 3.78. The largest absolute Gasteiger partial charge is 0.507 e. The van der Waals surface area contributed by atoms with Crippen molar-refractivity contribution in [3.63, 3.8) is 0 Å². The highest BCUT2D eigenvalue weighted by molar-refractivity contribution is 7.98. The minimum Gasteiger partial charge on any atom is -0.507 e. The summed E-state index contributed by atoms with van der Waals surface area (Å²) in [7, 11) is 8.09. The minimum absolute atomic E-state index is 0.0876. The van der Waals surface area contributed by atoms with Crippen LogP contribution in [0.4, 0.5) is 4.39 Å². The highest BCUT2D eigenvalue weighted by Crippen LogP contribution is 2.47. The fourth-order valence-corrected chi connectivity index (χ4v) is 9.94. The van der Waals surface area contributed by atoms with E-state index in [9.17, 15) is 19.1 Å². The number of benzene rings is 4. The van der Waals surface area contributed by atoms with Gasteiger partial charge in [-0.1, -0.05) is 29.8 Å². The molecule has 61 heavy (non-hydrogen) atoms. The highest BCUT2D eigenvalue weighted by Gasteiger charge is 2.36. The maximum Gasteiger partial charge on any atom is 0.354 e. The molecule has 0 amide bonds. The molecule has 316 valence electrons. The number of hydrogen-bond donors (Lipinski definition) is 1. The number of aromatic nitrogens is 5. The van der Waals surface area contributed by atoms with Gasteiger partial charge in [0.05, 0.1) is 55.0 Å². The number of methoxy groups -OCH3 is 3. The molecule has 0 fully saturated rings. The van der Waals surface area contributed by atoms with Crippen LogP contribution in [-0.2, 0) is 60.2 Å². The Morgan fingerprint density at radius 2 is 1.72 bits per heavy atom. The van der Waals surface area contributed by atoms with E-state index in [-0.39, 0.29) is 36.4 Å². The Morgan fingerprint density at radius 1 is 0.951 bits per heavy atom. The number of phenols is 1. The van der Waals surface area contributed by atoms with Gasteiger partial charge in [0, 0.05) is 78.4 Å². The van der Waals surface area contributed by atoms with Gasteiger partial charge in [-0.25, -0.2) is 9.18 Å². The van der Waals surface area contributed by atoms with E-state index in [1.165, 1.54) is 26.4 Å². The predicted molar refractivity (Wildman–Crippen MR) is 234 cm³/mol. The smallest absolute Gasteiger partial charge is 0.354 e. The van der Waals surface area contributed by atoms with Gasteiger partial charge in [-0.05, 0) is 90.9 Å². The Bertz CT molecular complexity index is 2820. The molecular formula is C46H46ClFN6O6S. The first-order valence-electron chi connectivity index (χ1n) is 19.8. The summed E-state index contributed by atoms with van der Waals surface area (Å²) >= 11 is 8.75. The van der Waals surface area contributed by atoms with Crippen molar-refractivity contribution in [3.05, 3.63) is 123 Å². The van der Waals surface area contributed by atoms with Crippen LogP contribution in [0.2, 0.25) is 5.02 Å². The third-order valence-corrected chi connectivity index (χ3v) is 12.9. The number of thioether (sulfide) groups is 1. The van der Waals surface area contributed by atoms with Crippen LogP contribution in [0.3, 0.4) is 0 Å². The van der Waals surface area contributed by atoms with Crippen LogP contribution < -0.4 is 4.74 Å². The van der Waals surface area contributed by atoms with Crippen molar-refractivity contribution in [2.45, 2.75) is 62.5 Å². The third kappa shape index (κ3) is 8.07. The van der Waals surface area contributed by atoms with Crippen molar-refractivity contribution in [2.75, 3.05) is 21.3 Å². The molecule has 0 aliphatic carbocycles. The number of aryl methyl sites for hydroxylation is 5. The molecule has 0 bridgehead atoms. The van der Waals surface area contributed by atoms with E-state index in [0.717, 1.165) is 67.4 Å². The molecule has 4 heterocycles. The van der Waals surface area contributed by atoms with Gasteiger partial charge in [-0.2, -0.15) is 10.2 Å². The molecule has 12 nitrogen and oxygen atoms in total. The molecule has 0 radical (unpaired) electrons.